The van der Waals surface area contributed by atoms with Crippen LogP contribution in [0.2, 0.25) is 0 Å². The number of para-hydroxylation sites is 1. The summed E-state index contributed by atoms with van der Waals surface area (Å²) >= 11 is 0. The van der Waals surface area contributed by atoms with E-state index in [1.54, 1.807) is 36.2 Å². The molecule has 7 heteroatoms. The molecule has 0 aliphatic carbocycles. The molecule has 0 bridgehead atoms. The van der Waals surface area contributed by atoms with Crippen molar-refractivity contribution in [3.8, 4) is 5.75 Å². The molecule has 35 heavy (non-hydrogen) atoms. The van der Waals surface area contributed by atoms with E-state index in [2.05, 4.69) is 10.3 Å². The Morgan fingerprint density at radius 3 is 2.51 bits per heavy atom. The van der Waals surface area contributed by atoms with Gasteiger partial charge in [0, 0.05) is 37.6 Å². The number of aromatic nitrogens is 2. The number of carbonyl (C=O) groups is 2. The molecular formula is C28H30N4O3. The van der Waals surface area contributed by atoms with Crippen molar-refractivity contribution in [1.82, 2.24) is 19.6 Å². The van der Waals surface area contributed by atoms with Crippen molar-refractivity contribution < 1.29 is 14.3 Å². The van der Waals surface area contributed by atoms with Gasteiger partial charge in [0.2, 0.25) is 0 Å². The maximum atomic E-state index is 12.9. The van der Waals surface area contributed by atoms with Crippen LogP contribution in [-0.4, -0.2) is 39.2 Å². The molecule has 2 aromatic heterocycles. The largest absolute Gasteiger partial charge is 0.486 e. The lowest BCUT2D eigenvalue weighted by molar-refractivity contribution is 0.0754. The molecule has 2 amide bonds. The first-order valence-corrected chi connectivity index (χ1v) is 11.6. The van der Waals surface area contributed by atoms with E-state index < -0.39 is 0 Å². The summed E-state index contributed by atoms with van der Waals surface area (Å²) in [6, 6.07) is 18.6. The first kappa shape index (κ1) is 24.0. The highest BCUT2D eigenvalue weighted by Gasteiger charge is 2.15. The van der Waals surface area contributed by atoms with Crippen molar-refractivity contribution in [1.29, 1.82) is 0 Å². The molecule has 0 radical (unpaired) electrons. The summed E-state index contributed by atoms with van der Waals surface area (Å²) in [6.45, 7) is 6.56. The molecule has 0 unspecified atom stereocenters. The van der Waals surface area contributed by atoms with Gasteiger partial charge in [-0.1, -0.05) is 30.3 Å². The molecule has 0 aliphatic heterocycles. The Bertz CT molecular complexity index is 1340. The maximum Gasteiger partial charge on any atom is 0.255 e. The fourth-order valence-electron chi connectivity index (χ4n) is 3.69. The van der Waals surface area contributed by atoms with Crippen molar-refractivity contribution in [3.05, 3.63) is 101 Å². The number of nitrogens with one attached hydrogen (secondary N) is 1. The van der Waals surface area contributed by atoms with E-state index in [1.807, 2.05) is 74.0 Å². The molecule has 0 saturated heterocycles. The molecule has 0 saturated carbocycles. The lowest BCUT2D eigenvalue weighted by Crippen LogP contribution is -2.32. The van der Waals surface area contributed by atoms with Gasteiger partial charge in [0.05, 0.1) is 11.3 Å². The van der Waals surface area contributed by atoms with E-state index in [9.17, 15) is 9.59 Å². The van der Waals surface area contributed by atoms with Gasteiger partial charge in [-0.05, 0) is 62.2 Å². The minimum Gasteiger partial charge on any atom is -0.486 e. The Hall–Kier alpha value is -4.13. The van der Waals surface area contributed by atoms with Crippen LogP contribution in [0.3, 0.4) is 0 Å². The summed E-state index contributed by atoms with van der Waals surface area (Å²) in [5, 5.41) is 2.94. The van der Waals surface area contributed by atoms with E-state index in [4.69, 9.17) is 4.74 Å². The van der Waals surface area contributed by atoms with E-state index in [0.717, 1.165) is 22.5 Å². The van der Waals surface area contributed by atoms with Gasteiger partial charge in [0.25, 0.3) is 11.8 Å². The molecule has 0 atom stereocenters. The van der Waals surface area contributed by atoms with Crippen LogP contribution < -0.4 is 10.1 Å². The SMILES string of the molecule is Cc1cccn2cc(COc3ccccc3C(=O)NCc3ccc(C(=O)N(C)C(C)C)cc3)nc12. The molecule has 4 aromatic rings. The summed E-state index contributed by atoms with van der Waals surface area (Å²) in [4.78, 5) is 31.7. The molecule has 2 heterocycles. The first-order chi connectivity index (χ1) is 16.8. The van der Waals surface area contributed by atoms with Crippen LogP contribution in [-0.2, 0) is 13.2 Å². The number of amides is 2. The second-order valence-corrected chi connectivity index (χ2v) is 8.83. The summed E-state index contributed by atoms with van der Waals surface area (Å²) in [5.41, 5.74) is 4.74. The van der Waals surface area contributed by atoms with Crippen LogP contribution in [0.25, 0.3) is 5.65 Å². The molecule has 0 aliphatic rings. The van der Waals surface area contributed by atoms with E-state index in [-0.39, 0.29) is 24.5 Å². The third-order valence-electron chi connectivity index (χ3n) is 5.98. The van der Waals surface area contributed by atoms with Gasteiger partial charge >= 0.3 is 0 Å². The quantitative estimate of drug-likeness (QED) is 0.407. The Kier molecular flexibility index (Phi) is 7.15. The number of ether oxygens (including phenoxy) is 1. The number of benzene rings is 2. The molecule has 0 fully saturated rings. The average molecular weight is 471 g/mol. The lowest BCUT2D eigenvalue weighted by Gasteiger charge is -2.21. The molecule has 0 spiro atoms. The van der Waals surface area contributed by atoms with Crippen LogP contribution in [0, 0.1) is 6.92 Å². The smallest absolute Gasteiger partial charge is 0.255 e. The molecular weight excluding hydrogens is 440 g/mol. The number of fused-ring (bicyclic) bond motifs is 1. The highest BCUT2D eigenvalue weighted by Crippen LogP contribution is 2.20. The number of aryl methyl sites for hydroxylation is 1. The molecule has 180 valence electrons. The zero-order chi connectivity index (χ0) is 24.9. The van der Waals surface area contributed by atoms with Gasteiger partial charge in [-0.15, -0.1) is 0 Å². The van der Waals surface area contributed by atoms with E-state index in [1.165, 1.54) is 0 Å². The minimum absolute atomic E-state index is 0.0255. The van der Waals surface area contributed by atoms with Crippen LogP contribution in [0.1, 0.15) is 51.4 Å². The van der Waals surface area contributed by atoms with Crippen molar-refractivity contribution in [3.63, 3.8) is 0 Å². The van der Waals surface area contributed by atoms with Crippen LogP contribution in [0.5, 0.6) is 5.75 Å². The zero-order valence-electron chi connectivity index (χ0n) is 20.5. The van der Waals surface area contributed by atoms with Crippen LogP contribution in [0.4, 0.5) is 0 Å². The summed E-state index contributed by atoms with van der Waals surface area (Å²) in [5.74, 6) is 0.241. The molecule has 1 N–H and O–H groups in total. The Morgan fingerprint density at radius 1 is 1.06 bits per heavy atom. The summed E-state index contributed by atoms with van der Waals surface area (Å²) in [6.07, 6.45) is 3.88. The van der Waals surface area contributed by atoms with Crippen molar-refractivity contribution in [2.75, 3.05) is 7.05 Å². The average Bonchev–Trinajstić information content (AvgIpc) is 3.30. The molecule has 4 rings (SSSR count). The molecule has 2 aromatic carbocycles. The number of hydrogen-bond acceptors (Lipinski definition) is 4. The van der Waals surface area contributed by atoms with Crippen LogP contribution >= 0.6 is 0 Å². The number of rotatable bonds is 8. The summed E-state index contributed by atoms with van der Waals surface area (Å²) < 4.78 is 7.94. The molecule has 7 nitrogen and oxygen atoms in total. The Morgan fingerprint density at radius 2 is 1.80 bits per heavy atom. The Labute approximate surface area is 205 Å². The van der Waals surface area contributed by atoms with Gasteiger partial charge in [-0.25, -0.2) is 4.98 Å². The Balaban J connectivity index is 1.38. The van der Waals surface area contributed by atoms with Gasteiger partial charge in [0.15, 0.2) is 0 Å². The second-order valence-electron chi connectivity index (χ2n) is 8.83. The lowest BCUT2D eigenvalue weighted by atomic mass is 10.1. The van der Waals surface area contributed by atoms with Gasteiger partial charge < -0.3 is 19.4 Å². The standard InChI is InChI=1S/C28H30N4O3/c1-19(2)31(4)28(34)22-13-11-21(12-14-22)16-29-27(33)24-9-5-6-10-25(24)35-18-23-17-32-15-7-8-20(3)26(32)30-23/h5-15,17,19H,16,18H2,1-4H3,(H,29,33). The highest BCUT2D eigenvalue weighted by molar-refractivity contribution is 5.97. The number of pyridine rings is 1. The van der Waals surface area contributed by atoms with Crippen molar-refractivity contribution >= 4 is 17.5 Å². The predicted octanol–water partition coefficient (Wildman–Crippen LogP) is 4.63. The van der Waals surface area contributed by atoms with Gasteiger partial charge in [0.1, 0.15) is 18.0 Å². The predicted molar refractivity (Wildman–Crippen MR) is 136 cm³/mol. The van der Waals surface area contributed by atoms with Crippen molar-refractivity contribution in [2.24, 2.45) is 0 Å². The number of carbonyl (C=O) groups excluding carboxylic acids is 2. The highest BCUT2D eigenvalue weighted by atomic mass is 16.5. The number of imidazole rings is 1. The maximum absolute atomic E-state index is 12.9. The third kappa shape index (κ3) is 5.51. The van der Waals surface area contributed by atoms with E-state index >= 15 is 0 Å². The topological polar surface area (TPSA) is 75.9 Å². The van der Waals surface area contributed by atoms with Gasteiger partial charge in [-0.3, -0.25) is 9.59 Å². The first-order valence-electron chi connectivity index (χ1n) is 11.6. The normalized spacial score (nSPS) is 11.0. The second kappa shape index (κ2) is 10.4. The monoisotopic (exact) mass is 470 g/mol. The fourth-order valence-corrected chi connectivity index (χ4v) is 3.69. The number of hydrogen-bond donors (Lipinski definition) is 1. The van der Waals surface area contributed by atoms with Crippen LogP contribution in [0.15, 0.2) is 73.1 Å². The zero-order valence-corrected chi connectivity index (χ0v) is 20.5. The van der Waals surface area contributed by atoms with E-state index in [0.29, 0.717) is 23.4 Å². The van der Waals surface area contributed by atoms with Gasteiger partial charge in [-0.2, -0.15) is 0 Å². The summed E-state index contributed by atoms with van der Waals surface area (Å²) in [7, 11) is 1.79. The number of nitrogens with zero attached hydrogens (tertiary/aromatic N) is 3. The fraction of sp³-hybridized carbons (Fsp3) is 0.250. The minimum atomic E-state index is -0.230. The van der Waals surface area contributed by atoms with Crippen molar-refractivity contribution in [2.45, 2.75) is 40.0 Å². The third-order valence-corrected chi connectivity index (χ3v) is 5.98.